The van der Waals surface area contributed by atoms with E-state index in [1.165, 1.54) is 96.3 Å². The van der Waals surface area contributed by atoms with Crippen LogP contribution in [0.1, 0.15) is 147 Å². The van der Waals surface area contributed by atoms with Crippen LogP contribution in [-0.2, 0) is 0 Å². The van der Waals surface area contributed by atoms with E-state index in [9.17, 15) is 9.59 Å². The summed E-state index contributed by atoms with van der Waals surface area (Å²) < 4.78 is 0. The first kappa shape index (κ1) is 45.9. The molecule has 0 saturated carbocycles. The van der Waals surface area contributed by atoms with Gasteiger partial charge in [0.05, 0.1) is 31.7 Å². The van der Waals surface area contributed by atoms with Crippen LogP contribution in [0.5, 0.6) is 0 Å². The fraction of sp³-hybridized carbons (Fsp3) is 0.531. The number of guanidine groups is 1. The minimum absolute atomic E-state index is 0.135. The molecule has 0 aliphatic heterocycles. The van der Waals surface area contributed by atoms with Gasteiger partial charge in [-0.2, -0.15) is 0 Å². The fourth-order valence-electron chi connectivity index (χ4n) is 7.71. The lowest BCUT2D eigenvalue weighted by atomic mass is 10.00. The SMILES string of the molecule is CCCCCCCCCCCCCCCCCC[NH+]=C(NCCNC(=O)N[C@@H](C)c1cccc2ccccc12)NCCNC(=O)N[C@@H](C)c1cccc2ccccc12. The third-order valence-electron chi connectivity index (χ3n) is 11.0. The summed E-state index contributed by atoms with van der Waals surface area (Å²) in [5.41, 5.74) is 2.18. The van der Waals surface area contributed by atoms with Gasteiger partial charge in [0.15, 0.2) is 0 Å². The zero-order valence-electron chi connectivity index (χ0n) is 35.9. The lowest BCUT2D eigenvalue weighted by Gasteiger charge is -2.17. The average Bonchev–Trinajstić information content (AvgIpc) is 3.24. The van der Waals surface area contributed by atoms with Crippen molar-refractivity contribution in [3.05, 3.63) is 96.1 Å². The van der Waals surface area contributed by atoms with E-state index in [-0.39, 0.29) is 24.1 Å². The van der Waals surface area contributed by atoms with Gasteiger partial charge in [-0.05, 0) is 52.9 Å². The smallest absolute Gasteiger partial charge is 0.335 e. The number of fused-ring (bicyclic) bond motifs is 2. The molecular weight excluding hydrogens is 719 g/mol. The third kappa shape index (κ3) is 17.4. The highest BCUT2D eigenvalue weighted by Crippen LogP contribution is 2.25. The number of benzene rings is 4. The Morgan fingerprint density at radius 1 is 0.466 bits per heavy atom. The van der Waals surface area contributed by atoms with E-state index in [4.69, 9.17) is 0 Å². The number of nitrogens with one attached hydrogen (secondary N) is 7. The molecule has 0 bridgehead atoms. The van der Waals surface area contributed by atoms with Crippen LogP contribution in [0.15, 0.2) is 84.9 Å². The van der Waals surface area contributed by atoms with Crippen molar-refractivity contribution < 1.29 is 14.6 Å². The number of hydrogen-bond donors (Lipinski definition) is 7. The van der Waals surface area contributed by atoms with Crippen molar-refractivity contribution >= 4 is 39.6 Å². The second-order valence-electron chi connectivity index (χ2n) is 15.8. The van der Waals surface area contributed by atoms with Gasteiger partial charge in [-0.15, -0.1) is 0 Å². The first-order valence-corrected chi connectivity index (χ1v) is 22.6. The largest absolute Gasteiger partial charge is 0.343 e. The first-order valence-electron chi connectivity index (χ1n) is 22.6. The number of amides is 4. The first-order chi connectivity index (χ1) is 28.5. The van der Waals surface area contributed by atoms with Crippen LogP contribution >= 0.6 is 0 Å². The third-order valence-corrected chi connectivity index (χ3v) is 11.0. The number of rotatable bonds is 27. The molecule has 0 saturated heterocycles. The van der Waals surface area contributed by atoms with Gasteiger partial charge in [0.25, 0.3) is 0 Å². The summed E-state index contributed by atoms with van der Waals surface area (Å²) in [6, 6.07) is 28.2. The van der Waals surface area contributed by atoms with Gasteiger partial charge in [0, 0.05) is 13.1 Å². The Labute approximate surface area is 349 Å². The van der Waals surface area contributed by atoms with Crippen LogP contribution < -0.4 is 36.9 Å². The Hall–Kier alpha value is -4.79. The Morgan fingerprint density at radius 3 is 1.26 bits per heavy atom. The van der Waals surface area contributed by atoms with Gasteiger partial charge in [-0.1, -0.05) is 188 Å². The number of unbranched alkanes of at least 4 members (excludes halogenated alkanes) is 15. The average molecular weight is 793 g/mol. The second kappa shape index (κ2) is 27.8. The number of urea groups is 2. The van der Waals surface area contributed by atoms with E-state index in [0.717, 1.165) is 51.6 Å². The van der Waals surface area contributed by atoms with E-state index in [1.54, 1.807) is 0 Å². The van der Waals surface area contributed by atoms with Crippen molar-refractivity contribution in [1.82, 2.24) is 31.9 Å². The molecular formula is C49H74N7O2+. The van der Waals surface area contributed by atoms with Gasteiger partial charge in [0.2, 0.25) is 0 Å². The predicted molar refractivity (Wildman–Crippen MR) is 244 cm³/mol. The van der Waals surface area contributed by atoms with Crippen molar-refractivity contribution in [1.29, 1.82) is 0 Å². The quantitative estimate of drug-likeness (QED) is 0.0185. The molecule has 0 unspecified atom stereocenters. The molecule has 4 aromatic rings. The molecule has 316 valence electrons. The van der Waals surface area contributed by atoms with Crippen LogP contribution in [-0.4, -0.2) is 50.7 Å². The van der Waals surface area contributed by atoms with Crippen LogP contribution in [0.2, 0.25) is 0 Å². The summed E-state index contributed by atoms with van der Waals surface area (Å²) >= 11 is 0. The summed E-state index contributed by atoms with van der Waals surface area (Å²) in [5.74, 6) is 0.804. The highest BCUT2D eigenvalue weighted by atomic mass is 16.2. The topological polar surface area (TPSA) is 120 Å². The molecule has 0 aromatic heterocycles. The molecule has 0 radical (unpaired) electrons. The maximum Gasteiger partial charge on any atom is 0.343 e. The molecule has 4 amide bonds. The van der Waals surface area contributed by atoms with E-state index in [2.05, 4.69) is 92.3 Å². The van der Waals surface area contributed by atoms with Gasteiger partial charge in [-0.3, -0.25) is 15.6 Å². The van der Waals surface area contributed by atoms with Gasteiger partial charge in [0.1, 0.15) is 0 Å². The molecule has 0 aliphatic carbocycles. The minimum atomic E-state index is -0.203. The molecule has 58 heavy (non-hydrogen) atoms. The zero-order valence-corrected chi connectivity index (χ0v) is 35.9. The van der Waals surface area contributed by atoms with E-state index in [0.29, 0.717) is 26.2 Å². The molecule has 0 spiro atoms. The standard InChI is InChI=1S/C49H73N7O2/c1-4-5-6-7-8-9-10-11-12-13-14-15-16-17-18-23-34-50-47(51-35-37-53-48(57)55-39(2)43-32-24-28-41-26-19-21-30-45(41)43)52-36-38-54-49(58)56-40(3)44-33-25-29-42-27-20-22-31-46(42)44/h19-22,24-33,39-40H,4-18,23,34-38H2,1-3H3,(H2,50,51,52)(H2,53,55,57)(H2,54,56,58)/p+1/t39-,40-/m0/s1. The second-order valence-corrected chi connectivity index (χ2v) is 15.8. The van der Waals surface area contributed by atoms with E-state index < -0.39 is 0 Å². The number of carbonyl (C=O) groups excluding carboxylic acids is 2. The number of carbonyl (C=O) groups is 2. The molecule has 2 atom stereocenters. The highest BCUT2D eigenvalue weighted by Gasteiger charge is 2.14. The van der Waals surface area contributed by atoms with Crippen LogP contribution in [0.3, 0.4) is 0 Å². The Kier molecular flexibility index (Phi) is 22.0. The Balaban J connectivity index is 1.14. The lowest BCUT2D eigenvalue weighted by Crippen LogP contribution is -2.80. The molecule has 7 N–H and O–H groups in total. The normalized spacial score (nSPS) is 12.1. The van der Waals surface area contributed by atoms with Crippen molar-refractivity contribution in [2.75, 3.05) is 32.7 Å². The van der Waals surface area contributed by atoms with Crippen molar-refractivity contribution in [2.45, 2.75) is 136 Å². The molecule has 0 heterocycles. The minimum Gasteiger partial charge on any atom is -0.335 e. The summed E-state index contributed by atoms with van der Waals surface area (Å²) in [7, 11) is 0. The van der Waals surface area contributed by atoms with Crippen molar-refractivity contribution in [3.8, 4) is 0 Å². The fourth-order valence-corrected chi connectivity index (χ4v) is 7.71. The Morgan fingerprint density at radius 2 is 0.828 bits per heavy atom. The highest BCUT2D eigenvalue weighted by molar-refractivity contribution is 5.87. The van der Waals surface area contributed by atoms with Gasteiger partial charge in [-0.25, -0.2) is 9.59 Å². The maximum atomic E-state index is 12.8. The van der Waals surface area contributed by atoms with Crippen LogP contribution in [0.25, 0.3) is 21.5 Å². The van der Waals surface area contributed by atoms with Crippen LogP contribution in [0.4, 0.5) is 9.59 Å². The van der Waals surface area contributed by atoms with Gasteiger partial charge >= 0.3 is 18.0 Å². The van der Waals surface area contributed by atoms with E-state index >= 15 is 0 Å². The molecule has 0 fully saturated rings. The van der Waals surface area contributed by atoms with Gasteiger partial charge < -0.3 is 21.3 Å². The van der Waals surface area contributed by atoms with E-state index in [1.807, 2.05) is 50.2 Å². The summed E-state index contributed by atoms with van der Waals surface area (Å²) in [6.45, 7) is 9.14. The molecule has 9 heteroatoms. The lowest BCUT2D eigenvalue weighted by molar-refractivity contribution is -0.462. The summed E-state index contributed by atoms with van der Waals surface area (Å²) in [4.78, 5) is 29.2. The molecule has 4 rings (SSSR count). The zero-order chi connectivity index (χ0) is 41.0. The predicted octanol–water partition coefficient (Wildman–Crippen LogP) is 9.29. The molecule has 0 aliphatic rings. The summed E-state index contributed by atoms with van der Waals surface area (Å²) in [6.07, 6.45) is 21.6. The van der Waals surface area contributed by atoms with Crippen molar-refractivity contribution in [2.24, 2.45) is 0 Å². The monoisotopic (exact) mass is 793 g/mol. The maximum absolute atomic E-state index is 12.8. The molecule has 9 nitrogen and oxygen atoms in total. The van der Waals surface area contributed by atoms with Crippen molar-refractivity contribution in [3.63, 3.8) is 0 Å². The number of hydrogen-bond acceptors (Lipinski definition) is 2. The molecule has 4 aromatic carbocycles. The Bertz CT molecular complexity index is 1670. The van der Waals surface area contributed by atoms with Crippen LogP contribution in [0, 0.1) is 0 Å². The summed E-state index contributed by atoms with van der Waals surface area (Å²) in [5, 5.41) is 23.6.